The number of pyridine rings is 1. The van der Waals surface area contributed by atoms with E-state index in [-0.39, 0.29) is 36.1 Å². The summed E-state index contributed by atoms with van der Waals surface area (Å²) in [6.45, 7) is 2.16. The van der Waals surface area contributed by atoms with Gasteiger partial charge in [0.15, 0.2) is 17.3 Å². The zero-order valence-corrected chi connectivity index (χ0v) is 14.4. The number of rotatable bonds is 4. The van der Waals surface area contributed by atoms with Gasteiger partial charge in [-0.1, -0.05) is 30.3 Å². The molecule has 0 spiro atoms. The number of hydrogen-bond donors (Lipinski definition) is 1. The van der Waals surface area contributed by atoms with Crippen molar-refractivity contribution in [2.24, 2.45) is 0 Å². The molecule has 1 aliphatic heterocycles. The number of carboxylic acid groups (broad SMARTS) is 1. The Labute approximate surface area is 153 Å². The number of aromatic carboxylic acids is 1. The summed E-state index contributed by atoms with van der Waals surface area (Å²) in [4.78, 5) is 23.9. The highest BCUT2D eigenvalue weighted by Crippen LogP contribution is 2.41. The summed E-state index contributed by atoms with van der Waals surface area (Å²) in [6, 6.07) is 10.1. The van der Waals surface area contributed by atoms with Crippen LogP contribution in [0.2, 0.25) is 0 Å². The van der Waals surface area contributed by atoms with Crippen molar-refractivity contribution in [2.75, 3.05) is 6.61 Å². The van der Waals surface area contributed by atoms with Crippen LogP contribution < -0.4 is 14.9 Å². The van der Waals surface area contributed by atoms with Crippen LogP contribution in [-0.2, 0) is 6.61 Å². The molecule has 0 unspecified atom stereocenters. The van der Waals surface area contributed by atoms with Crippen LogP contribution in [0, 0.1) is 5.82 Å². The molecule has 0 bridgehead atoms. The number of nitrogens with zero attached hydrogens (tertiary/aromatic N) is 1. The molecule has 0 amide bonds. The van der Waals surface area contributed by atoms with Crippen LogP contribution in [0.3, 0.4) is 0 Å². The maximum absolute atomic E-state index is 14.7. The lowest BCUT2D eigenvalue weighted by Gasteiger charge is -2.28. The lowest BCUT2D eigenvalue weighted by Crippen LogP contribution is -2.27. The minimum absolute atomic E-state index is 0.0407. The normalized spacial score (nSPS) is 15.4. The van der Waals surface area contributed by atoms with Crippen molar-refractivity contribution in [2.45, 2.75) is 19.6 Å². The highest BCUT2D eigenvalue weighted by molar-refractivity contribution is 5.95. The molecule has 0 aliphatic carbocycles. The standard InChI is InChI=1S/C20H16FNO5/c1-11-9-26-19-16-13(17(23)14(20(24)25)8-22(11)16)7-15(21)18(19)27-10-12-5-3-2-4-6-12/h2-8,11H,9-10H2,1H3,(H,24,25)/t11-/m0/s1. The molecule has 7 heteroatoms. The smallest absolute Gasteiger partial charge is 0.341 e. The van der Waals surface area contributed by atoms with E-state index in [4.69, 9.17) is 9.47 Å². The third-order valence-electron chi connectivity index (χ3n) is 4.58. The molecule has 0 fully saturated rings. The topological polar surface area (TPSA) is 77.8 Å². The van der Waals surface area contributed by atoms with Crippen molar-refractivity contribution < 1.29 is 23.8 Å². The Morgan fingerprint density at radius 1 is 1.37 bits per heavy atom. The fourth-order valence-corrected chi connectivity index (χ4v) is 3.22. The summed E-state index contributed by atoms with van der Waals surface area (Å²) in [6.07, 6.45) is 1.28. The molecule has 2 aromatic carbocycles. The van der Waals surface area contributed by atoms with Gasteiger partial charge in [-0.25, -0.2) is 9.18 Å². The fourth-order valence-electron chi connectivity index (χ4n) is 3.22. The zero-order chi connectivity index (χ0) is 19.1. The Hall–Kier alpha value is -3.35. The zero-order valence-electron chi connectivity index (χ0n) is 14.4. The number of benzene rings is 2. The van der Waals surface area contributed by atoms with Gasteiger partial charge in [0.05, 0.1) is 16.9 Å². The third kappa shape index (κ3) is 2.81. The molecule has 1 atom stereocenters. The van der Waals surface area contributed by atoms with E-state index in [0.29, 0.717) is 5.52 Å². The summed E-state index contributed by atoms with van der Waals surface area (Å²) >= 11 is 0. The van der Waals surface area contributed by atoms with Crippen LogP contribution >= 0.6 is 0 Å². The van der Waals surface area contributed by atoms with Crippen LogP contribution in [0.25, 0.3) is 10.9 Å². The quantitative estimate of drug-likeness (QED) is 0.763. The Morgan fingerprint density at radius 3 is 2.81 bits per heavy atom. The number of halogens is 1. The monoisotopic (exact) mass is 369 g/mol. The molecule has 138 valence electrons. The van der Waals surface area contributed by atoms with Crippen LogP contribution in [0.15, 0.2) is 47.4 Å². The second kappa shape index (κ2) is 6.42. The highest BCUT2D eigenvalue weighted by atomic mass is 19.1. The molecular formula is C20H16FNO5. The molecular weight excluding hydrogens is 353 g/mol. The summed E-state index contributed by atoms with van der Waals surface area (Å²) in [7, 11) is 0. The van der Waals surface area contributed by atoms with E-state index in [2.05, 4.69) is 0 Å². The molecule has 1 N–H and O–H groups in total. The van der Waals surface area contributed by atoms with E-state index >= 15 is 0 Å². The number of carboxylic acids is 1. The minimum atomic E-state index is -1.35. The van der Waals surface area contributed by atoms with E-state index < -0.39 is 22.8 Å². The molecule has 1 aliphatic rings. The van der Waals surface area contributed by atoms with Crippen LogP contribution in [0.5, 0.6) is 11.5 Å². The predicted octanol–water partition coefficient (Wildman–Crippen LogP) is 3.37. The van der Waals surface area contributed by atoms with Gasteiger partial charge in [0, 0.05) is 6.20 Å². The first-order valence-electron chi connectivity index (χ1n) is 8.41. The van der Waals surface area contributed by atoms with Crippen LogP contribution in [0.1, 0.15) is 28.9 Å². The van der Waals surface area contributed by atoms with Crippen molar-refractivity contribution >= 4 is 16.9 Å². The lowest BCUT2D eigenvalue weighted by atomic mass is 10.1. The molecule has 1 aromatic heterocycles. The van der Waals surface area contributed by atoms with Gasteiger partial charge in [0.1, 0.15) is 18.8 Å². The molecule has 2 heterocycles. The average molecular weight is 369 g/mol. The number of hydrogen-bond acceptors (Lipinski definition) is 4. The maximum Gasteiger partial charge on any atom is 0.341 e. The van der Waals surface area contributed by atoms with Crippen molar-refractivity contribution in [3.63, 3.8) is 0 Å². The fraction of sp³-hybridized carbons (Fsp3) is 0.200. The molecule has 0 saturated heterocycles. The van der Waals surface area contributed by atoms with E-state index in [9.17, 15) is 19.1 Å². The molecule has 4 rings (SSSR count). The Balaban J connectivity index is 1.90. The van der Waals surface area contributed by atoms with Gasteiger partial charge in [-0.05, 0) is 18.6 Å². The molecule has 0 saturated carbocycles. The second-order valence-electron chi connectivity index (χ2n) is 6.43. The van der Waals surface area contributed by atoms with Gasteiger partial charge in [-0.15, -0.1) is 0 Å². The van der Waals surface area contributed by atoms with Gasteiger partial charge >= 0.3 is 5.97 Å². The van der Waals surface area contributed by atoms with E-state index in [1.165, 1.54) is 6.20 Å². The first-order chi connectivity index (χ1) is 13.0. The van der Waals surface area contributed by atoms with Gasteiger partial charge < -0.3 is 19.1 Å². The van der Waals surface area contributed by atoms with Gasteiger partial charge in [-0.3, -0.25) is 4.79 Å². The summed E-state index contributed by atoms with van der Waals surface area (Å²) in [5.41, 5.74) is 0.0426. The number of aromatic nitrogens is 1. The predicted molar refractivity (Wildman–Crippen MR) is 96.1 cm³/mol. The van der Waals surface area contributed by atoms with Gasteiger partial charge in [0.2, 0.25) is 5.43 Å². The van der Waals surface area contributed by atoms with Crippen molar-refractivity contribution in [3.8, 4) is 11.5 Å². The van der Waals surface area contributed by atoms with E-state index in [1.54, 1.807) is 4.57 Å². The maximum atomic E-state index is 14.7. The minimum Gasteiger partial charge on any atom is -0.485 e. The Morgan fingerprint density at radius 2 is 2.11 bits per heavy atom. The van der Waals surface area contributed by atoms with Gasteiger partial charge in [-0.2, -0.15) is 0 Å². The number of carbonyl (C=O) groups is 1. The summed E-state index contributed by atoms with van der Waals surface area (Å²) in [5, 5.41) is 9.25. The highest BCUT2D eigenvalue weighted by Gasteiger charge is 2.28. The van der Waals surface area contributed by atoms with Crippen molar-refractivity contribution in [1.82, 2.24) is 4.57 Å². The molecule has 0 radical (unpaired) electrons. The van der Waals surface area contributed by atoms with Crippen molar-refractivity contribution in [1.29, 1.82) is 0 Å². The van der Waals surface area contributed by atoms with Gasteiger partial charge in [0.25, 0.3) is 0 Å². The Bertz CT molecular complexity index is 1110. The first-order valence-corrected chi connectivity index (χ1v) is 8.41. The van der Waals surface area contributed by atoms with Crippen molar-refractivity contribution in [3.05, 3.63) is 69.8 Å². The molecule has 27 heavy (non-hydrogen) atoms. The largest absolute Gasteiger partial charge is 0.485 e. The number of ether oxygens (including phenoxy) is 2. The second-order valence-corrected chi connectivity index (χ2v) is 6.43. The molecule has 3 aromatic rings. The summed E-state index contributed by atoms with van der Waals surface area (Å²) in [5.74, 6) is -2.09. The van der Waals surface area contributed by atoms with Crippen LogP contribution in [-0.4, -0.2) is 22.2 Å². The first kappa shape index (κ1) is 17.1. The third-order valence-corrected chi connectivity index (χ3v) is 4.58. The van der Waals surface area contributed by atoms with E-state index in [0.717, 1.165) is 11.6 Å². The lowest BCUT2D eigenvalue weighted by molar-refractivity contribution is 0.0694. The van der Waals surface area contributed by atoms with Crippen LogP contribution in [0.4, 0.5) is 4.39 Å². The van der Waals surface area contributed by atoms with E-state index in [1.807, 2.05) is 37.3 Å². The molecule has 6 nitrogen and oxygen atoms in total. The summed E-state index contributed by atoms with van der Waals surface area (Å²) < 4.78 is 27.7. The SMILES string of the molecule is C[C@H]1COc2c(OCc3ccccc3)c(F)cc3c(=O)c(C(=O)O)cn1c23. The Kier molecular flexibility index (Phi) is 4.07. The average Bonchev–Trinajstić information content (AvgIpc) is 2.65.